The van der Waals surface area contributed by atoms with Crippen LogP contribution in [-0.2, 0) is 10.0 Å². The number of hydrogen-bond donors (Lipinski definition) is 2. The van der Waals surface area contributed by atoms with Crippen LogP contribution in [0.5, 0.6) is 0 Å². The van der Waals surface area contributed by atoms with Gasteiger partial charge in [-0.3, -0.25) is 0 Å². The zero-order chi connectivity index (χ0) is 12.3. The summed E-state index contributed by atoms with van der Waals surface area (Å²) in [7, 11) is -3.74. The first kappa shape index (κ1) is 15.4. The summed E-state index contributed by atoms with van der Waals surface area (Å²) < 4.78 is 39.4. The molecule has 2 rings (SSSR count). The van der Waals surface area contributed by atoms with E-state index in [9.17, 15) is 12.8 Å². The number of benzene rings is 1. The van der Waals surface area contributed by atoms with Gasteiger partial charge in [0.25, 0.3) is 0 Å². The summed E-state index contributed by atoms with van der Waals surface area (Å²) in [5.74, 6) is -0.723. The van der Waals surface area contributed by atoms with Gasteiger partial charge in [-0.05, 0) is 31.5 Å². The Morgan fingerprint density at radius 1 is 1.39 bits per heavy atom. The molecule has 1 fully saturated rings. The van der Waals surface area contributed by atoms with Crippen LogP contribution < -0.4 is 10.0 Å². The van der Waals surface area contributed by atoms with Crippen molar-refractivity contribution in [3.05, 3.63) is 30.1 Å². The Morgan fingerprint density at radius 3 is 2.72 bits per heavy atom. The Hall–Kier alpha value is -0.690. The highest BCUT2D eigenvalue weighted by atomic mass is 35.5. The van der Waals surface area contributed by atoms with Crippen LogP contribution in [-0.4, -0.2) is 27.5 Å². The first-order chi connectivity index (χ1) is 8.09. The summed E-state index contributed by atoms with van der Waals surface area (Å²) in [6.07, 6.45) is 1.99. The van der Waals surface area contributed by atoms with E-state index < -0.39 is 15.8 Å². The van der Waals surface area contributed by atoms with Crippen molar-refractivity contribution in [3.63, 3.8) is 0 Å². The molecule has 18 heavy (non-hydrogen) atoms. The fraction of sp³-hybridized carbons (Fsp3) is 0.455. The molecule has 1 heterocycles. The molecule has 1 atom stereocenters. The number of halogens is 2. The number of sulfonamides is 1. The van der Waals surface area contributed by atoms with E-state index >= 15 is 0 Å². The largest absolute Gasteiger partial charge is 0.313 e. The molecule has 0 spiro atoms. The zero-order valence-corrected chi connectivity index (χ0v) is 11.4. The zero-order valence-electron chi connectivity index (χ0n) is 9.73. The van der Waals surface area contributed by atoms with Crippen molar-refractivity contribution in [2.75, 3.05) is 13.1 Å². The molecule has 0 aliphatic carbocycles. The average Bonchev–Trinajstić information content (AvgIpc) is 2.80. The van der Waals surface area contributed by atoms with Gasteiger partial charge in [-0.15, -0.1) is 12.4 Å². The van der Waals surface area contributed by atoms with Crippen LogP contribution in [0.2, 0.25) is 0 Å². The molecule has 0 amide bonds. The van der Waals surface area contributed by atoms with Crippen LogP contribution in [0.4, 0.5) is 4.39 Å². The Kier molecular flexibility index (Phi) is 5.52. The molecule has 0 aromatic heterocycles. The second-order valence-corrected chi connectivity index (χ2v) is 5.81. The molecule has 1 aromatic carbocycles. The predicted octanol–water partition coefficient (Wildman–Crippen LogP) is 1.28. The Bertz CT molecular complexity index is 490. The van der Waals surface area contributed by atoms with E-state index in [1.54, 1.807) is 0 Å². The molecule has 102 valence electrons. The molecule has 1 unspecified atom stereocenters. The lowest BCUT2D eigenvalue weighted by atomic mass is 10.2. The van der Waals surface area contributed by atoms with Crippen LogP contribution in [0.1, 0.15) is 12.8 Å². The van der Waals surface area contributed by atoms with E-state index in [4.69, 9.17) is 0 Å². The van der Waals surface area contributed by atoms with Crippen molar-refractivity contribution in [1.29, 1.82) is 0 Å². The van der Waals surface area contributed by atoms with Gasteiger partial charge in [0, 0.05) is 12.6 Å². The van der Waals surface area contributed by atoms with Gasteiger partial charge in [0.05, 0.1) is 0 Å². The Balaban J connectivity index is 0.00000162. The summed E-state index contributed by atoms with van der Waals surface area (Å²) >= 11 is 0. The summed E-state index contributed by atoms with van der Waals surface area (Å²) in [6.45, 7) is 1.21. The van der Waals surface area contributed by atoms with Gasteiger partial charge in [0.1, 0.15) is 10.7 Å². The summed E-state index contributed by atoms with van der Waals surface area (Å²) in [6, 6.07) is 5.53. The molecule has 0 saturated carbocycles. The third-order valence-corrected chi connectivity index (χ3v) is 4.27. The van der Waals surface area contributed by atoms with E-state index in [0.29, 0.717) is 6.54 Å². The van der Waals surface area contributed by atoms with Crippen LogP contribution >= 0.6 is 12.4 Å². The van der Waals surface area contributed by atoms with Gasteiger partial charge in [0.2, 0.25) is 10.0 Å². The van der Waals surface area contributed by atoms with E-state index in [-0.39, 0.29) is 23.3 Å². The van der Waals surface area contributed by atoms with E-state index in [0.717, 1.165) is 25.5 Å². The standard InChI is InChI=1S/C11H15FN2O2S.ClH/c12-10-5-1-2-6-11(10)17(15,16)14-8-9-4-3-7-13-9;/h1-2,5-6,9,13-14H,3-4,7-8H2;1H. The van der Waals surface area contributed by atoms with Crippen LogP contribution in [0.15, 0.2) is 29.2 Å². The fourth-order valence-electron chi connectivity index (χ4n) is 1.88. The molecule has 1 aliphatic heterocycles. The Labute approximate surface area is 112 Å². The minimum Gasteiger partial charge on any atom is -0.313 e. The van der Waals surface area contributed by atoms with Crippen molar-refractivity contribution in [2.24, 2.45) is 0 Å². The third-order valence-electron chi connectivity index (χ3n) is 2.81. The van der Waals surface area contributed by atoms with Crippen LogP contribution in [0.25, 0.3) is 0 Å². The molecule has 0 bridgehead atoms. The summed E-state index contributed by atoms with van der Waals surface area (Å²) in [5, 5.41) is 3.17. The maximum absolute atomic E-state index is 13.4. The molecule has 1 saturated heterocycles. The monoisotopic (exact) mass is 294 g/mol. The summed E-state index contributed by atoms with van der Waals surface area (Å²) in [5.41, 5.74) is 0. The lowest BCUT2D eigenvalue weighted by Crippen LogP contribution is -2.37. The molecule has 1 aromatic rings. The van der Waals surface area contributed by atoms with Gasteiger partial charge in [0.15, 0.2) is 0 Å². The molecule has 1 aliphatic rings. The topological polar surface area (TPSA) is 58.2 Å². The minimum atomic E-state index is -3.74. The highest BCUT2D eigenvalue weighted by Crippen LogP contribution is 2.13. The van der Waals surface area contributed by atoms with Crippen molar-refractivity contribution in [2.45, 2.75) is 23.8 Å². The lowest BCUT2D eigenvalue weighted by molar-refractivity contribution is 0.539. The number of hydrogen-bond acceptors (Lipinski definition) is 3. The van der Waals surface area contributed by atoms with E-state index in [2.05, 4.69) is 10.0 Å². The number of nitrogens with one attached hydrogen (secondary N) is 2. The molecule has 4 nitrogen and oxygen atoms in total. The first-order valence-electron chi connectivity index (χ1n) is 5.57. The first-order valence-corrected chi connectivity index (χ1v) is 7.05. The maximum atomic E-state index is 13.4. The smallest absolute Gasteiger partial charge is 0.243 e. The highest BCUT2D eigenvalue weighted by Gasteiger charge is 2.21. The third kappa shape index (κ3) is 3.65. The SMILES string of the molecule is Cl.O=S(=O)(NCC1CCCN1)c1ccccc1F. The molecule has 7 heteroatoms. The van der Waals surface area contributed by atoms with Crippen molar-refractivity contribution in [3.8, 4) is 0 Å². The van der Waals surface area contributed by atoms with Crippen LogP contribution in [0, 0.1) is 5.82 Å². The normalized spacial score (nSPS) is 19.5. The van der Waals surface area contributed by atoms with Gasteiger partial charge >= 0.3 is 0 Å². The lowest BCUT2D eigenvalue weighted by Gasteiger charge is -2.12. The highest BCUT2D eigenvalue weighted by molar-refractivity contribution is 7.89. The molecular formula is C11H16ClFN2O2S. The van der Waals surface area contributed by atoms with Crippen molar-refractivity contribution < 1.29 is 12.8 Å². The molecule has 2 N–H and O–H groups in total. The molecule has 0 radical (unpaired) electrons. The van der Waals surface area contributed by atoms with Crippen molar-refractivity contribution in [1.82, 2.24) is 10.0 Å². The maximum Gasteiger partial charge on any atom is 0.243 e. The Morgan fingerprint density at radius 2 is 2.11 bits per heavy atom. The van der Waals surface area contributed by atoms with E-state index in [1.165, 1.54) is 18.2 Å². The van der Waals surface area contributed by atoms with E-state index in [1.807, 2.05) is 0 Å². The van der Waals surface area contributed by atoms with Crippen molar-refractivity contribution >= 4 is 22.4 Å². The minimum absolute atomic E-state index is 0. The summed E-state index contributed by atoms with van der Waals surface area (Å²) in [4.78, 5) is -0.294. The second-order valence-electron chi connectivity index (χ2n) is 4.08. The van der Waals surface area contributed by atoms with Gasteiger partial charge in [-0.25, -0.2) is 17.5 Å². The predicted molar refractivity (Wildman–Crippen MR) is 69.9 cm³/mol. The quantitative estimate of drug-likeness (QED) is 0.879. The number of rotatable bonds is 4. The van der Waals surface area contributed by atoms with Gasteiger partial charge in [-0.2, -0.15) is 0 Å². The molecular weight excluding hydrogens is 279 g/mol. The van der Waals surface area contributed by atoms with Gasteiger partial charge in [-0.1, -0.05) is 12.1 Å². The van der Waals surface area contributed by atoms with Gasteiger partial charge < -0.3 is 5.32 Å². The second kappa shape index (κ2) is 6.47. The average molecular weight is 295 g/mol. The van der Waals surface area contributed by atoms with Crippen LogP contribution in [0.3, 0.4) is 0 Å². The fourth-order valence-corrected chi connectivity index (χ4v) is 3.04.